The Kier molecular flexibility index (Phi) is 19.0. The van der Waals surface area contributed by atoms with Gasteiger partial charge in [0.25, 0.3) is 0 Å². The summed E-state index contributed by atoms with van der Waals surface area (Å²) in [5.74, 6) is 2.40. The van der Waals surface area contributed by atoms with Crippen LogP contribution < -0.4 is 17.0 Å². The first-order valence-corrected chi connectivity index (χ1v) is 12.4. The average Bonchev–Trinajstić information content (AvgIpc) is 2.60. The van der Waals surface area contributed by atoms with Gasteiger partial charge >= 0.3 is 0 Å². The zero-order chi connectivity index (χ0) is 18.9. The van der Waals surface area contributed by atoms with Gasteiger partial charge in [0.2, 0.25) is 0 Å². The zero-order valence-corrected chi connectivity index (χ0v) is 19.9. The molecule has 0 aliphatic rings. The van der Waals surface area contributed by atoms with Crippen LogP contribution in [0.2, 0.25) is 0 Å². The Morgan fingerprint density at radius 1 is 0.667 bits per heavy atom. The predicted molar refractivity (Wildman–Crippen MR) is 119 cm³/mol. The van der Waals surface area contributed by atoms with Gasteiger partial charge in [0.15, 0.2) is 18.3 Å². The molecule has 0 saturated heterocycles. The van der Waals surface area contributed by atoms with Gasteiger partial charge in [-0.25, -0.2) is 0 Å². The minimum absolute atomic E-state index is 0. The summed E-state index contributed by atoms with van der Waals surface area (Å²) in [5.41, 5.74) is 2.73. The van der Waals surface area contributed by atoms with Crippen LogP contribution in [-0.2, 0) is 5.88 Å². The minimum Gasteiger partial charge on any atom is -1.00 e. The maximum absolute atomic E-state index is 2.33. The molecular weight excluding hydrogens is 370 g/mol. The summed E-state index contributed by atoms with van der Waals surface area (Å²) in [6.07, 6.45) is 24.7. The molecule has 27 heavy (non-hydrogen) atoms. The Labute approximate surface area is 180 Å². The van der Waals surface area contributed by atoms with Crippen LogP contribution >= 0.6 is 11.8 Å². The number of hydrogen-bond acceptors (Lipinski definition) is 1. The van der Waals surface area contributed by atoms with Crippen molar-refractivity contribution in [3.05, 3.63) is 29.6 Å². The van der Waals surface area contributed by atoms with E-state index >= 15 is 0 Å². The lowest BCUT2D eigenvalue weighted by atomic mass is 10.0. The maximum Gasteiger partial charge on any atom is 0.194 e. The largest absolute Gasteiger partial charge is 1.00 e. The molecule has 0 amide bonds. The fraction of sp³-hybridized carbons (Fsp3) is 0.792. The monoisotopic (exact) mass is 413 g/mol. The minimum atomic E-state index is 0. The number of aromatic nitrogens is 1. The summed E-state index contributed by atoms with van der Waals surface area (Å²) in [4.78, 5) is 0. The van der Waals surface area contributed by atoms with Gasteiger partial charge in [-0.1, -0.05) is 102 Å². The Hall–Kier alpha value is -0.210. The van der Waals surface area contributed by atoms with Gasteiger partial charge in [-0.05, 0) is 32.1 Å². The van der Waals surface area contributed by atoms with Gasteiger partial charge in [-0.2, -0.15) is 4.57 Å². The van der Waals surface area contributed by atoms with Gasteiger partial charge in [0.05, 0.1) is 0 Å². The molecule has 0 unspecified atom stereocenters. The Morgan fingerprint density at radius 2 is 1.07 bits per heavy atom. The summed E-state index contributed by atoms with van der Waals surface area (Å²) >= 11 is 2.07. The molecule has 0 bridgehead atoms. The quantitative estimate of drug-likeness (QED) is 0.263. The second kappa shape index (κ2) is 19.1. The summed E-state index contributed by atoms with van der Waals surface area (Å²) in [6, 6.07) is 2.24. The first-order valence-electron chi connectivity index (χ1n) is 11.3. The molecule has 1 nitrogen and oxygen atoms in total. The molecule has 1 aromatic rings. The molecule has 0 N–H and O–H groups in total. The van der Waals surface area contributed by atoms with Crippen molar-refractivity contribution < 1.29 is 17.0 Å². The SMILES string of the molecule is CCCCCCCCCCCCCCCCSC[n+]1cc(C)cc(C)c1.[Cl-]. The van der Waals surface area contributed by atoms with E-state index < -0.39 is 0 Å². The highest BCUT2D eigenvalue weighted by atomic mass is 35.5. The number of halogens is 1. The smallest absolute Gasteiger partial charge is 0.194 e. The van der Waals surface area contributed by atoms with E-state index in [2.05, 4.69) is 55.6 Å². The van der Waals surface area contributed by atoms with Crippen LogP contribution in [0.4, 0.5) is 0 Å². The summed E-state index contributed by atoms with van der Waals surface area (Å²) in [7, 11) is 0. The van der Waals surface area contributed by atoms with E-state index in [-0.39, 0.29) is 12.4 Å². The van der Waals surface area contributed by atoms with E-state index in [0.717, 1.165) is 5.88 Å². The van der Waals surface area contributed by atoms with Crippen molar-refractivity contribution in [2.45, 2.75) is 117 Å². The normalized spacial score (nSPS) is 10.8. The van der Waals surface area contributed by atoms with Gasteiger partial charge < -0.3 is 12.4 Å². The Bertz CT molecular complexity index is 430. The fourth-order valence-corrected chi connectivity index (χ4v) is 4.53. The van der Waals surface area contributed by atoms with E-state index in [1.165, 1.54) is 107 Å². The van der Waals surface area contributed by atoms with Crippen LogP contribution in [0.5, 0.6) is 0 Å². The molecule has 0 aliphatic carbocycles. The lowest BCUT2D eigenvalue weighted by molar-refractivity contribution is -0.676. The summed E-state index contributed by atoms with van der Waals surface area (Å²) < 4.78 is 2.33. The van der Waals surface area contributed by atoms with E-state index in [1.807, 2.05) is 0 Å². The number of aryl methyl sites for hydroxylation is 2. The van der Waals surface area contributed by atoms with Crippen LogP contribution in [0.3, 0.4) is 0 Å². The van der Waals surface area contributed by atoms with Crippen molar-refractivity contribution in [2.24, 2.45) is 0 Å². The van der Waals surface area contributed by atoms with E-state index in [9.17, 15) is 0 Å². The molecule has 3 heteroatoms. The van der Waals surface area contributed by atoms with Crippen molar-refractivity contribution in [1.29, 1.82) is 0 Å². The van der Waals surface area contributed by atoms with Gasteiger partial charge in [0.1, 0.15) is 0 Å². The number of unbranched alkanes of at least 4 members (excludes halogenated alkanes) is 13. The average molecular weight is 414 g/mol. The molecule has 0 aliphatic heterocycles. The first kappa shape index (κ1) is 26.8. The predicted octanol–water partition coefficient (Wildman–Crippen LogP) is 4.77. The molecule has 0 spiro atoms. The molecule has 1 rings (SSSR count). The lowest BCUT2D eigenvalue weighted by Gasteiger charge is -2.03. The highest BCUT2D eigenvalue weighted by molar-refractivity contribution is 7.98. The van der Waals surface area contributed by atoms with Crippen LogP contribution in [-0.4, -0.2) is 5.75 Å². The maximum atomic E-state index is 2.33. The third-order valence-corrected chi connectivity index (χ3v) is 6.13. The molecule has 1 heterocycles. The van der Waals surface area contributed by atoms with E-state index in [0.29, 0.717) is 0 Å². The Morgan fingerprint density at radius 3 is 1.52 bits per heavy atom. The lowest BCUT2D eigenvalue weighted by Crippen LogP contribution is -3.00. The van der Waals surface area contributed by atoms with Crippen LogP contribution in [0.15, 0.2) is 18.5 Å². The standard InChI is InChI=1S/C24H44NS.ClH/c1-4-5-6-7-8-9-10-11-12-13-14-15-16-17-18-26-22-25-20-23(2)19-24(3)21-25;/h19-21H,4-18,22H2,1-3H3;1H/q+1;/p-1. The molecular formula is C24H44ClNS. The van der Waals surface area contributed by atoms with E-state index in [1.54, 1.807) is 0 Å². The summed E-state index contributed by atoms with van der Waals surface area (Å²) in [5, 5.41) is 0. The number of hydrogen-bond donors (Lipinski definition) is 0. The van der Waals surface area contributed by atoms with E-state index in [4.69, 9.17) is 0 Å². The highest BCUT2D eigenvalue weighted by Crippen LogP contribution is 2.14. The molecule has 0 atom stereocenters. The fourth-order valence-electron chi connectivity index (χ4n) is 3.64. The second-order valence-corrected chi connectivity index (χ2v) is 9.11. The number of thioether (sulfide) groups is 1. The zero-order valence-electron chi connectivity index (χ0n) is 18.3. The van der Waals surface area contributed by atoms with Crippen molar-refractivity contribution in [3.8, 4) is 0 Å². The number of nitrogens with zero attached hydrogens (tertiary/aromatic N) is 1. The second-order valence-electron chi connectivity index (χ2n) is 8.04. The van der Waals surface area contributed by atoms with Crippen molar-refractivity contribution in [3.63, 3.8) is 0 Å². The molecule has 0 aromatic carbocycles. The number of rotatable bonds is 17. The molecule has 0 saturated carbocycles. The van der Waals surface area contributed by atoms with Crippen molar-refractivity contribution in [2.75, 3.05) is 5.75 Å². The topological polar surface area (TPSA) is 3.88 Å². The molecule has 1 aromatic heterocycles. The molecule has 0 fully saturated rings. The third kappa shape index (κ3) is 16.4. The van der Waals surface area contributed by atoms with Gasteiger partial charge in [0, 0.05) is 11.1 Å². The van der Waals surface area contributed by atoms with Gasteiger partial charge in [-0.3, -0.25) is 0 Å². The Balaban J connectivity index is 0.00000676. The van der Waals surface area contributed by atoms with Crippen LogP contribution in [0.25, 0.3) is 0 Å². The third-order valence-electron chi connectivity index (χ3n) is 5.08. The van der Waals surface area contributed by atoms with Crippen LogP contribution in [0, 0.1) is 13.8 Å². The highest BCUT2D eigenvalue weighted by Gasteiger charge is 2.03. The first-order chi connectivity index (χ1) is 12.7. The van der Waals surface area contributed by atoms with Crippen molar-refractivity contribution in [1.82, 2.24) is 0 Å². The number of pyridine rings is 1. The molecule has 0 radical (unpaired) electrons. The summed E-state index contributed by atoms with van der Waals surface area (Å²) in [6.45, 7) is 6.66. The van der Waals surface area contributed by atoms with Crippen molar-refractivity contribution >= 4 is 11.8 Å². The van der Waals surface area contributed by atoms with Gasteiger partial charge in [-0.15, -0.1) is 0 Å². The molecule has 158 valence electrons. The van der Waals surface area contributed by atoms with Crippen LogP contribution in [0.1, 0.15) is 108 Å².